The van der Waals surface area contributed by atoms with Gasteiger partial charge in [-0.3, -0.25) is 9.59 Å². The highest BCUT2D eigenvalue weighted by Gasteiger charge is 2.10. The minimum absolute atomic E-state index is 0.133. The zero-order valence-corrected chi connectivity index (χ0v) is 15.6. The summed E-state index contributed by atoms with van der Waals surface area (Å²) in [4.78, 5) is 30.0. The minimum atomic E-state index is -0.263. The Bertz CT molecular complexity index is 720. The third-order valence-corrected chi connectivity index (χ3v) is 3.80. The van der Waals surface area contributed by atoms with Gasteiger partial charge in [-0.1, -0.05) is 13.8 Å². The molecule has 0 spiro atoms. The fraction of sp³-hybridized carbons (Fsp3) is 0.350. The van der Waals surface area contributed by atoms with E-state index in [2.05, 4.69) is 34.4 Å². The second-order valence-electron chi connectivity index (χ2n) is 6.10. The van der Waals surface area contributed by atoms with E-state index in [0.29, 0.717) is 17.1 Å². The molecule has 1 aromatic carbocycles. The second kappa shape index (κ2) is 9.56. The number of rotatable bonds is 8. The number of benzene rings is 1. The lowest BCUT2D eigenvalue weighted by Gasteiger charge is -2.23. The number of hydrogen-bond acceptors (Lipinski definition) is 4. The molecule has 2 aromatic rings. The van der Waals surface area contributed by atoms with Crippen molar-refractivity contribution in [2.45, 2.75) is 33.6 Å². The maximum Gasteiger partial charge on any atom is 0.274 e. The number of anilines is 3. The normalized spacial score (nSPS) is 10.3. The smallest absolute Gasteiger partial charge is 0.274 e. The number of nitrogens with zero attached hydrogens (tertiary/aromatic N) is 2. The van der Waals surface area contributed by atoms with Crippen LogP contribution in [-0.4, -0.2) is 29.9 Å². The Balaban J connectivity index is 2.02. The van der Waals surface area contributed by atoms with E-state index in [4.69, 9.17) is 0 Å². The van der Waals surface area contributed by atoms with Crippen LogP contribution in [0, 0.1) is 0 Å². The van der Waals surface area contributed by atoms with E-state index in [1.807, 2.05) is 6.07 Å². The predicted molar refractivity (Wildman–Crippen MR) is 106 cm³/mol. The Labute approximate surface area is 154 Å². The lowest BCUT2D eigenvalue weighted by Crippen LogP contribution is -2.25. The van der Waals surface area contributed by atoms with Crippen molar-refractivity contribution in [3.8, 4) is 0 Å². The van der Waals surface area contributed by atoms with Crippen molar-refractivity contribution in [3.63, 3.8) is 0 Å². The van der Waals surface area contributed by atoms with Crippen LogP contribution >= 0.6 is 0 Å². The fourth-order valence-corrected chi connectivity index (χ4v) is 2.65. The summed E-state index contributed by atoms with van der Waals surface area (Å²) in [5.74, 6) is -0.396. The monoisotopic (exact) mass is 354 g/mol. The summed E-state index contributed by atoms with van der Waals surface area (Å²) < 4.78 is 0. The maximum atomic E-state index is 12.4. The lowest BCUT2D eigenvalue weighted by atomic mass is 10.2. The summed E-state index contributed by atoms with van der Waals surface area (Å²) in [6.07, 6.45) is 3.88. The highest BCUT2D eigenvalue weighted by atomic mass is 16.2. The molecular formula is C20H26N4O2. The molecule has 26 heavy (non-hydrogen) atoms. The summed E-state index contributed by atoms with van der Waals surface area (Å²) in [7, 11) is 0. The van der Waals surface area contributed by atoms with Crippen LogP contribution in [0.3, 0.4) is 0 Å². The van der Waals surface area contributed by atoms with Gasteiger partial charge in [0, 0.05) is 31.4 Å². The molecule has 0 unspecified atom stereocenters. The molecule has 0 saturated heterocycles. The quantitative estimate of drug-likeness (QED) is 0.753. The standard InChI is InChI=1S/C20H26N4O2/c1-4-12-24(13-5-2)18-10-11-19(21-14-18)20(26)23-17-8-6-16(7-9-17)22-15(3)25/h6-11,14H,4-5,12-13H2,1-3H3,(H,22,25)(H,23,26). The average Bonchev–Trinajstić information content (AvgIpc) is 2.63. The summed E-state index contributed by atoms with van der Waals surface area (Å²) in [6, 6.07) is 10.6. The largest absolute Gasteiger partial charge is 0.370 e. The Hall–Kier alpha value is -2.89. The zero-order valence-electron chi connectivity index (χ0n) is 15.6. The van der Waals surface area contributed by atoms with Crippen molar-refractivity contribution >= 4 is 28.9 Å². The van der Waals surface area contributed by atoms with Crippen LogP contribution in [-0.2, 0) is 4.79 Å². The SMILES string of the molecule is CCCN(CCC)c1ccc(C(=O)Nc2ccc(NC(C)=O)cc2)nc1. The van der Waals surface area contributed by atoms with E-state index >= 15 is 0 Å². The van der Waals surface area contributed by atoms with Crippen molar-refractivity contribution in [1.82, 2.24) is 4.98 Å². The predicted octanol–water partition coefficient (Wildman–Crippen LogP) is 3.92. The maximum absolute atomic E-state index is 12.4. The highest BCUT2D eigenvalue weighted by Crippen LogP contribution is 2.17. The van der Waals surface area contributed by atoms with E-state index < -0.39 is 0 Å². The number of hydrogen-bond donors (Lipinski definition) is 2. The third kappa shape index (κ3) is 5.58. The van der Waals surface area contributed by atoms with Crippen LogP contribution in [0.15, 0.2) is 42.6 Å². The van der Waals surface area contributed by atoms with E-state index in [0.717, 1.165) is 31.6 Å². The number of pyridine rings is 1. The van der Waals surface area contributed by atoms with Crippen molar-refractivity contribution in [2.75, 3.05) is 28.6 Å². The second-order valence-corrected chi connectivity index (χ2v) is 6.10. The van der Waals surface area contributed by atoms with Gasteiger partial charge in [-0.05, 0) is 49.2 Å². The first-order chi connectivity index (χ1) is 12.5. The van der Waals surface area contributed by atoms with Gasteiger partial charge >= 0.3 is 0 Å². The van der Waals surface area contributed by atoms with Gasteiger partial charge in [-0.25, -0.2) is 4.98 Å². The van der Waals surface area contributed by atoms with Gasteiger partial charge < -0.3 is 15.5 Å². The first kappa shape index (κ1) is 19.4. The summed E-state index contributed by atoms with van der Waals surface area (Å²) in [5.41, 5.74) is 2.73. The van der Waals surface area contributed by atoms with Gasteiger partial charge in [0.1, 0.15) is 5.69 Å². The van der Waals surface area contributed by atoms with Crippen LogP contribution in [0.4, 0.5) is 17.1 Å². The number of amides is 2. The van der Waals surface area contributed by atoms with Gasteiger partial charge in [0.25, 0.3) is 5.91 Å². The Morgan fingerprint density at radius 1 is 0.923 bits per heavy atom. The molecule has 0 aliphatic carbocycles. The van der Waals surface area contributed by atoms with Crippen molar-refractivity contribution < 1.29 is 9.59 Å². The van der Waals surface area contributed by atoms with Crippen LogP contribution in [0.5, 0.6) is 0 Å². The summed E-state index contributed by atoms with van der Waals surface area (Å²) >= 11 is 0. The topological polar surface area (TPSA) is 74.3 Å². The lowest BCUT2D eigenvalue weighted by molar-refractivity contribution is -0.114. The van der Waals surface area contributed by atoms with Crippen LogP contribution in [0.1, 0.15) is 44.1 Å². The third-order valence-electron chi connectivity index (χ3n) is 3.80. The molecule has 2 N–H and O–H groups in total. The fourth-order valence-electron chi connectivity index (χ4n) is 2.65. The van der Waals surface area contributed by atoms with Gasteiger partial charge in [0.2, 0.25) is 5.91 Å². The van der Waals surface area contributed by atoms with E-state index in [-0.39, 0.29) is 11.8 Å². The molecule has 0 fully saturated rings. The minimum Gasteiger partial charge on any atom is -0.370 e. The van der Waals surface area contributed by atoms with E-state index in [9.17, 15) is 9.59 Å². The van der Waals surface area contributed by atoms with Crippen LogP contribution in [0.25, 0.3) is 0 Å². The molecular weight excluding hydrogens is 328 g/mol. The molecule has 0 saturated carbocycles. The molecule has 0 radical (unpaired) electrons. The van der Waals surface area contributed by atoms with Gasteiger partial charge in [0.15, 0.2) is 0 Å². The highest BCUT2D eigenvalue weighted by molar-refractivity contribution is 6.03. The number of carbonyl (C=O) groups is 2. The number of nitrogens with one attached hydrogen (secondary N) is 2. The zero-order chi connectivity index (χ0) is 18.9. The Kier molecular flexibility index (Phi) is 7.14. The first-order valence-corrected chi connectivity index (χ1v) is 8.93. The molecule has 6 nitrogen and oxygen atoms in total. The van der Waals surface area contributed by atoms with Gasteiger partial charge in [-0.2, -0.15) is 0 Å². The van der Waals surface area contributed by atoms with E-state index in [1.165, 1.54) is 6.92 Å². The molecule has 1 heterocycles. The molecule has 0 bridgehead atoms. The van der Waals surface area contributed by atoms with Crippen molar-refractivity contribution in [2.24, 2.45) is 0 Å². The van der Waals surface area contributed by atoms with Gasteiger partial charge in [0.05, 0.1) is 11.9 Å². The summed E-state index contributed by atoms with van der Waals surface area (Å²) in [5, 5.41) is 5.50. The Morgan fingerprint density at radius 3 is 1.96 bits per heavy atom. The first-order valence-electron chi connectivity index (χ1n) is 8.93. The Morgan fingerprint density at radius 2 is 1.50 bits per heavy atom. The van der Waals surface area contributed by atoms with Crippen molar-refractivity contribution in [1.29, 1.82) is 0 Å². The molecule has 0 aliphatic rings. The molecule has 1 aromatic heterocycles. The molecule has 138 valence electrons. The van der Waals surface area contributed by atoms with E-state index in [1.54, 1.807) is 36.5 Å². The number of carbonyl (C=O) groups excluding carboxylic acids is 2. The molecule has 0 atom stereocenters. The molecule has 6 heteroatoms. The molecule has 0 aliphatic heterocycles. The molecule has 2 amide bonds. The van der Waals surface area contributed by atoms with Crippen LogP contribution in [0.2, 0.25) is 0 Å². The average molecular weight is 354 g/mol. The van der Waals surface area contributed by atoms with Crippen molar-refractivity contribution in [3.05, 3.63) is 48.3 Å². The van der Waals surface area contributed by atoms with Gasteiger partial charge in [-0.15, -0.1) is 0 Å². The molecule has 2 rings (SSSR count). The summed E-state index contributed by atoms with van der Waals surface area (Å²) in [6.45, 7) is 7.70. The van der Waals surface area contributed by atoms with Crippen LogP contribution < -0.4 is 15.5 Å². The number of aromatic nitrogens is 1.